The van der Waals surface area contributed by atoms with Crippen LogP contribution in [0.2, 0.25) is 10.0 Å². The molecule has 0 spiro atoms. The van der Waals surface area contributed by atoms with E-state index >= 15 is 0 Å². The monoisotopic (exact) mass is 369 g/mol. The van der Waals surface area contributed by atoms with Crippen LogP contribution in [0.4, 0.5) is 4.79 Å². The van der Waals surface area contributed by atoms with Crippen LogP contribution in [-0.4, -0.2) is 26.7 Å². The minimum atomic E-state index is -0.689. The molecule has 1 amide bonds. The van der Waals surface area contributed by atoms with Crippen molar-refractivity contribution in [3.8, 4) is 17.1 Å². The molecule has 0 saturated carbocycles. The van der Waals surface area contributed by atoms with E-state index in [2.05, 4.69) is 15.3 Å². The predicted octanol–water partition coefficient (Wildman–Crippen LogP) is 3.83. The number of carbonyl (C=O) groups is 1. The molecule has 0 unspecified atom stereocenters. The molecule has 128 valence electrons. The smallest absolute Gasteiger partial charge is 0.390 e. The van der Waals surface area contributed by atoms with Gasteiger partial charge < -0.3 is 15.2 Å². The Morgan fingerprint density at radius 3 is 2.67 bits per heavy atom. The number of carbonyl (C=O) groups excluding carboxylic acids is 1. The Morgan fingerprint density at radius 1 is 1.33 bits per heavy atom. The lowest BCUT2D eigenvalue weighted by Gasteiger charge is -2.20. The minimum absolute atomic E-state index is 0.0625. The summed E-state index contributed by atoms with van der Waals surface area (Å²) in [7, 11) is 0. The first kappa shape index (κ1) is 18.4. The molecule has 2 N–H and O–H groups in total. The quantitative estimate of drug-likeness (QED) is 0.858. The van der Waals surface area contributed by atoms with E-state index in [-0.39, 0.29) is 28.9 Å². The van der Waals surface area contributed by atoms with Crippen molar-refractivity contribution in [2.75, 3.05) is 0 Å². The first-order valence-electron chi connectivity index (χ1n) is 7.12. The summed E-state index contributed by atoms with van der Waals surface area (Å²) >= 11 is 12.2. The zero-order chi connectivity index (χ0) is 17.9. The van der Waals surface area contributed by atoms with Crippen molar-refractivity contribution in [1.82, 2.24) is 15.3 Å². The Labute approximate surface area is 149 Å². The van der Waals surface area contributed by atoms with E-state index in [1.54, 1.807) is 18.2 Å². The highest BCUT2D eigenvalue weighted by atomic mass is 35.5. The highest BCUT2D eigenvalue weighted by Crippen LogP contribution is 2.36. The van der Waals surface area contributed by atoms with Gasteiger partial charge in [-0.2, -0.15) is 0 Å². The van der Waals surface area contributed by atoms with Gasteiger partial charge in [-0.1, -0.05) is 35.3 Å². The second kappa shape index (κ2) is 7.34. The molecule has 2 aromatic rings. The summed E-state index contributed by atoms with van der Waals surface area (Å²) < 4.78 is 5.28. The van der Waals surface area contributed by atoms with Crippen molar-refractivity contribution in [2.45, 2.75) is 32.9 Å². The van der Waals surface area contributed by atoms with Gasteiger partial charge in [-0.05, 0) is 26.8 Å². The molecule has 0 aliphatic carbocycles. The number of ether oxygens (including phenoxy) is 1. The summed E-state index contributed by atoms with van der Waals surface area (Å²) in [5.74, 6) is -0.0625. The van der Waals surface area contributed by atoms with Crippen molar-refractivity contribution >= 4 is 29.3 Å². The number of aromatic nitrogens is 2. The van der Waals surface area contributed by atoms with Gasteiger partial charge in [-0.15, -0.1) is 0 Å². The normalized spacial score (nSPS) is 11.2. The Hall–Kier alpha value is -1.89. The summed E-state index contributed by atoms with van der Waals surface area (Å²) in [4.78, 5) is 20.4. The Kier molecular flexibility index (Phi) is 5.64. The summed E-state index contributed by atoms with van der Waals surface area (Å²) in [6.45, 7) is 5.12. The molecule has 6 nitrogen and oxygen atoms in total. The van der Waals surface area contributed by atoms with Crippen molar-refractivity contribution in [1.29, 1.82) is 0 Å². The van der Waals surface area contributed by atoms with Crippen LogP contribution in [0.1, 0.15) is 26.5 Å². The standard InChI is InChI=1S/C16H17Cl2N3O3/c1-16(2,3)21-15(23)24-14-13(19-7-9(8-22)20-14)10-5-4-6-11(17)12(10)18/h4-7,22H,8H2,1-3H3,(H,21,23). The number of halogens is 2. The maximum Gasteiger partial charge on any atom is 0.414 e. The molecule has 0 fully saturated rings. The van der Waals surface area contributed by atoms with E-state index in [4.69, 9.17) is 27.9 Å². The van der Waals surface area contributed by atoms with E-state index in [1.807, 2.05) is 20.8 Å². The van der Waals surface area contributed by atoms with Crippen molar-refractivity contribution in [3.05, 3.63) is 40.1 Å². The Morgan fingerprint density at radius 2 is 2.04 bits per heavy atom. The van der Waals surface area contributed by atoms with Crippen LogP contribution < -0.4 is 10.1 Å². The minimum Gasteiger partial charge on any atom is -0.390 e. The van der Waals surface area contributed by atoms with Crippen LogP contribution in [0.5, 0.6) is 5.88 Å². The third kappa shape index (κ3) is 4.56. The molecule has 24 heavy (non-hydrogen) atoms. The van der Waals surface area contributed by atoms with E-state index in [9.17, 15) is 9.90 Å². The molecular weight excluding hydrogens is 353 g/mol. The Balaban J connectivity index is 2.45. The number of aliphatic hydroxyl groups is 1. The van der Waals surface area contributed by atoms with Crippen LogP contribution in [-0.2, 0) is 6.61 Å². The summed E-state index contributed by atoms with van der Waals surface area (Å²) in [6.07, 6.45) is 0.687. The van der Waals surface area contributed by atoms with Crippen LogP contribution in [0.15, 0.2) is 24.4 Å². The third-order valence-electron chi connectivity index (χ3n) is 2.83. The molecule has 1 aromatic heterocycles. The van der Waals surface area contributed by atoms with Crippen LogP contribution >= 0.6 is 23.2 Å². The van der Waals surface area contributed by atoms with Gasteiger partial charge in [0.05, 0.1) is 28.5 Å². The molecule has 0 aliphatic rings. The maximum absolute atomic E-state index is 12.0. The fourth-order valence-corrected chi connectivity index (χ4v) is 2.23. The highest BCUT2D eigenvalue weighted by Gasteiger charge is 2.21. The fraction of sp³-hybridized carbons (Fsp3) is 0.312. The van der Waals surface area contributed by atoms with Gasteiger partial charge in [0, 0.05) is 11.1 Å². The van der Waals surface area contributed by atoms with Gasteiger partial charge in [0.15, 0.2) is 0 Å². The molecule has 2 rings (SSSR count). The zero-order valence-corrected chi connectivity index (χ0v) is 14.9. The second-order valence-corrected chi connectivity index (χ2v) is 6.82. The first-order chi connectivity index (χ1) is 11.2. The van der Waals surface area contributed by atoms with E-state index in [0.717, 1.165) is 0 Å². The molecule has 1 heterocycles. The van der Waals surface area contributed by atoms with Gasteiger partial charge in [0.25, 0.3) is 5.88 Å². The van der Waals surface area contributed by atoms with Gasteiger partial charge in [0.2, 0.25) is 0 Å². The average molecular weight is 370 g/mol. The predicted molar refractivity (Wildman–Crippen MR) is 92.3 cm³/mol. The van der Waals surface area contributed by atoms with Gasteiger partial charge >= 0.3 is 6.09 Å². The largest absolute Gasteiger partial charge is 0.414 e. The van der Waals surface area contributed by atoms with Crippen molar-refractivity contribution < 1.29 is 14.6 Å². The van der Waals surface area contributed by atoms with Gasteiger partial charge in [-0.25, -0.2) is 14.8 Å². The number of hydrogen-bond acceptors (Lipinski definition) is 5. The molecule has 0 radical (unpaired) electrons. The third-order valence-corrected chi connectivity index (χ3v) is 3.64. The lowest BCUT2D eigenvalue weighted by atomic mass is 10.1. The lowest BCUT2D eigenvalue weighted by Crippen LogP contribution is -2.42. The van der Waals surface area contributed by atoms with Gasteiger partial charge in [0.1, 0.15) is 5.69 Å². The topological polar surface area (TPSA) is 84.3 Å². The molecule has 8 heteroatoms. The highest BCUT2D eigenvalue weighted by molar-refractivity contribution is 6.43. The van der Waals surface area contributed by atoms with Crippen LogP contribution in [0.3, 0.4) is 0 Å². The number of amides is 1. The number of nitrogens with zero attached hydrogens (tertiary/aromatic N) is 2. The number of nitrogens with one attached hydrogen (secondary N) is 1. The van der Waals surface area contributed by atoms with Crippen LogP contribution in [0.25, 0.3) is 11.3 Å². The van der Waals surface area contributed by atoms with Crippen molar-refractivity contribution in [3.63, 3.8) is 0 Å². The SMILES string of the molecule is CC(C)(C)NC(=O)Oc1nc(CO)cnc1-c1cccc(Cl)c1Cl. The van der Waals surface area contributed by atoms with E-state index < -0.39 is 11.6 Å². The number of rotatable bonds is 3. The number of hydrogen-bond donors (Lipinski definition) is 2. The number of aliphatic hydroxyl groups excluding tert-OH is 1. The van der Waals surface area contributed by atoms with E-state index in [0.29, 0.717) is 10.6 Å². The average Bonchev–Trinajstić information content (AvgIpc) is 2.48. The molecule has 0 atom stereocenters. The Bertz CT molecular complexity index is 761. The van der Waals surface area contributed by atoms with Crippen molar-refractivity contribution in [2.24, 2.45) is 0 Å². The maximum atomic E-state index is 12.0. The first-order valence-corrected chi connectivity index (χ1v) is 7.88. The second-order valence-electron chi connectivity index (χ2n) is 6.04. The molecule has 0 bridgehead atoms. The molecular formula is C16H17Cl2N3O3. The van der Waals surface area contributed by atoms with Gasteiger partial charge in [-0.3, -0.25) is 0 Å². The summed E-state index contributed by atoms with van der Waals surface area (Å²) in [5, 5.41) is 12.5. The van der Waals surface area contributed by atoms with E-state index in [1.165, 1.54) is 6.20 Å². The summed E-state index contributed by atoms with van der Waals surface area (Å²) in [6, 6.07) is 5.02. The fourth-order valence-electron chi connectivity index (χ4n) is 1.84. The molecule has 0 saturated heterocycles. The van der Waals surface area contributed by atoms with Crippen LogP contribution in [0, 0.1) is 0 Å². The number of benzene rings is 1. The molecule has 1 aromatic carbocycles. The zero-order valence-electron chi connectivity index (χ0n) is 13.4. The summed E-state index contributed by atoms with van der Waals surface area (Å²) in [5.41, 5.74) is 0.506. The lowest BCUT2D eigenvalue weighted by molar-refractivity contribution is 0.188. The molecule has 0 aliphatic heterocycles.